The monoisotopic (exact) mass is 245 g/mol. The third-order valence-corrected chi connectivity index (χ3v) is 4.63. The Labute approximate surface area is 110 Å². The molecule has 2 fully saturated rings. The smallest absolute Gasteiger partial charge is 0.0717 e. The molecule has 1 saturated heterocycles. The van der Waals surface area contributed by atoms with E-state index in [9.17, 15) is 0 Å². The minimum absolute atomic E-state index is 0.768. The molecule has 0 unspecified atom stereocenters. The Hall–Kier alpha value is -0.860. The van der Waals surface area contributed by atoms with Crippen LogP contribution in [0.1, 0.15) is 18.4 Å². The van der Waals surface area contributed by atoms with Crippen molar-refractivity contribution >= 4 is 0 Å². The van der Waals surface area contributed by atoms with Crippen LogP contribution in [0.15, 0.2) is 30.3 Å². The molecule has 1 aromatic carbocycles. The van der Waals surface area contributed by atoms with Crippen molar-refractivity contribution in [2.24, 2.45) is 17.8 Å². The van der Waals surface area contributed by atoms with Crippen molar-refractivity contribution in [3.8, 4) is 0 Å². The van der Waals surface area contributed by atoms with Crippen molar-refractivity contribution in [2.45, 2.75) is 19.4 Å². The molecule has 0 bridgehead atoms. The predicted octanol–water partition coefficient (Wildman–Crippen LogP) is 2.79. The summed E-state index contributed by atoms with van der Waals surface area (Å²) >= 11 is 0. The van der Waals surface area contributed by atoms with Gasteiger partial charge in [-0.25, -0.2) is 0 Å². The van der Waals surface area contributed by atoms with Gasteiger partial charge in [-0.1, -0.05) is 30.3 Å². The second-order valence-corrected chi connectivity index (χ2v) is 5.98. The van der Waals surface area contributed by atoms with E-state index in [4.69, 9.17) is 4.74 Å². The highest BCUT2D eigenvalue weighted by Crippen LogP contribution is 2.41. The van der Waals surface area contributed by atoms with Crippen LogP contribution in [0.25, 0.3) is 0 Å². The van der Waals surface area contributed by atoms with E-state index in [-0.39, 0.29) is 0 Å². The van der Waals surface area contributed by atoms with Crippen molar-refractivity contribution in [1.82, 2.24) is 4.90 Å². The largest absolute Gasteiger partial charge is 0.376 e. The van der Waals surface area contributed by atoms with E-state index in [1.54, 1.807) is 0 Å². The van der Waals surface area contributed by atoms with E-state index < -0.39 is 0 Å². The maximum atomic E-state index is 5.93. The van der Waals surface area contributed by atoms with Crippen LogP contribution in [0.5, 0.6) is 0 Å². The number of ether oxygens (including phenoxy) is 1. The van der Waals surface area contributed by atoms with Crippen LogP contribution in [0.3, 0.4) is 0 Å². The molecule has 2 aliphatic rings. The van der Waals surface area contributed by atoms with Gasteiger partial charge in [0.05, 0.1) is 13.2 Å². The molecule has 2 heteroatoms. The van der Waals surface area contributed by atoms with Crippen LogP contribution in [-0.2, 0) is 11.3 Å². The zero-order chi connectivity index (χ0) is 12.4. The third-order valence-electron chi connectivity index (χ3n) is 4.63. The summed E-state index contributed by atoms with van der Waals surface area (Å²) in [7, 11) is 2.25. The molecule has 18 heavy (non-hydrogen) atoms. The first-order valence-electron chi connectivity index (χ1n) is 7.13. The standard InChI is InChI=1S/C16H23NO/c1-17-9-14-7-8-15(16(14)10-17)12-18-11-13-5-3-2-4-6-13/h2-6,14-16H,7-12H2,1H3/t14-,15-,16+/m0/s1. The fourth-order valence-electron chi connectivity index (χ4n) is 3.71. The van der Waals surface area contributed by atoms with Gasteiger partial charge in [0.1, 0.15) is 0 Å². The Morgan fingerprint density at radius 2 is 2.00 bits per heavy atom. The fraction of sp³-hybridized carbons (Fsp3) is 0.625. The average Bonchev–Trinajstić information content (AvgIpc) is 2.91. The van der Waals surface area contributed by atoms with Crippen LogP contribution in [0.2, 0.25) is 0 Å². The summed E-state index contributed by atoms with van der Waals surface area (Å²) in [6.45, 7) is 4.30. The summed E-state index contributed by atoms with van der Waals surface area (Å²) in [5.41, 5.74) is 1.29. The molecular formula is C16H23NO. The average molecular weight is 245 g/mol. The zero-order valence-corrected chi connectivity index (χ0v) is 11.2. The van der Waals surface area contributed by atoms with Crippen molar-refractivity contribution < 1.29 is 4.74 Å². The first-order valence-corrected chi connectivity index (χ1v) is 7.13. The van der Waals surface area contributed by atoms with Gasteiger partial charge in [0.2, 0.25) is 0 Å². The van der Waals surface area contributed by atoms with Crippen LogP contribution in [-0.4, -0.2) is 31.6 Å². The summed E-state index contributed by atoms with van der Waals surface area (Å²) in [4.78, 5) is 2.48. The molecule has 0 amide bonds. The molecule has 1 aromatic rings. The van der Waals surface area contributed by atoms with E-state index in [2.05, 4.69) is 42.3 Å². The second kappa shape index (κ2) is 5.41. The van der Waals surface area contributed by atoms with Crippen LogP contribution >= 0.6 is 0 Å². The van der Waals surface area contributed by atoms with Crippen molar-refractivity contribution in [3.05, 3.63) is 35.9 Å². The number of hydrogen-bond acceptors (Lipinski definition) is 2. The lowest BCUT2D eigenvalue weighted by molar-refractivity contribution is 0.0725. The van der Waals surface area contributed by atoms with Gasteiger partial charge in [0.25, 0.3) is 0 Å². The van der Waals surface area contributed by atoms with Gasteiger partial charge in [-0.05, 0) is 43.2 Å². The number of hydrogen-bond donors (Lipinski definition) is 0. The minimum Gasteiger partial charge on any atom is -0.376 e. The fourth-order valence-corrected chi connectivity index (χ4v) is 3.71. The second-order valence-electron chi connectivity index (χ2n) is 5.98. The Balaban J connectivity index is 1.47. The van der Waals surface area contributed by atoms with Crippen molar-refractivity contribution in [1.29, 1.82) is 0 Å². The normalized spacial score (nSPS) is 31.7. The van der Waals surface area contributed by atoms with Gasteiger partial charge in [0.15, 0.2) is 0 Å². The molecule has 0 spiro atoms. The zero-order valence-electron chi connectivity index (χ0n) is 11.2. The van der Waals surface area contributed by atoms with Gasteiger partial charge in [-0.15, -0.1) is 0 Å². The predicted molar refractivity (Wildman–Crippen MR) is 73.3 cm³/mol. The number of nitrogens with zero attached hydrogens (tertiary/aromatic N) is 1. The molecule has 1 heterocycles. The van der Waals surface area contributed by atoms with Crippen molar-refractivity contribution in [2.75, 3.05) is 26.7 Å². The van der Waals surface area contributed by atoms with Crippen LogP contribution in [0, 0.1) is 17.8 Å². The molecule has 0 aromatic heterocycles. The highest BCUT2D eigenvalue weighted by molar-refractivity contribution is 5.13. The molecule has 98 valence electrons. The number of benzene rings is 1. The highest BCUT2D eigenvalue weighted by atomic mass is 16.5. The molecule has 1 aliphatic heterocycles. The van der Waals surface area contributed by atoms with Crippen molar-refractivity contribution in [3.63, 3.8) is 0 Å². The summed E-state index contributed by atoms with van der Waals surface area (Å²) in [6.07, 6.45) is 2.78. The van der Waals surface area contributed by atoms with E-state index in [1.807, 2.05) is 0 Å². The molecule has 2 nitrogen and oxygen atoms in total. The Kier molecular flexibility index (Phi) is 3.67. The number of fused-ring (bicyclic) bond motifs is 1. The lowest BCUT2D eigenvalue weighted by Crippen LogP contribution is -2.21. The maximum Gasteiger partial charge on any atom is 0.0717 e. The van der Waals surface area contributed by atoms with E-state index in [0.717, 1.165) is 31.0 Å². The minimum atomic E-state index is 0.768. The third kappa shape index (κ3) is 2.60. The van der Waals surface area contributed by atoms with E-state index >= 15 is 0 Å². The first kappa shape index (κ1) is 12.2. The lowest BCUT2D eigenvalue weighted by atomic mass is 9.93. The quantitative estimate of drug-likeness (QED) is 0.809. The van der Waals surface area contributed by atoms with Gasteiger partial charge >= 0.3 is 0 Å². The molecule has 1 saturated carbocycles. The molecular weight excluding hydrogens is 222 g/mol. The van der Waals surface area contributed by atoms with Gasteiger partial charge < -0.3 is 9.64 Å². The van der Waals surface area contributed by atoms with Gasteiger partial charge in [-0.3, -0.25) is 0 Å². The van der Waals surface area contributed by atoms with Gasteiger partial charge in [0, 0.05) is 13.1 Å². The molecule has 1 aliphatic carbocycles. The summed E-state index contributed by atoms with van der Waals surface area (Å²) in [5, 5.41) is 0. The summed E-state index contributed by atoms with van der Waals surface area (Å²) < 4.78 is 5.93. The summed E-state index contributed by atoms with van der Waals surface area (Å²) in [6, 6.07) is 10.5. The SMILES string of the molecule is CN1C[C@@H]2CC[C@@H](COCc3ccccc3)[C@@H]2C1. The highest BCUT2D eigenvalue weighted by Gasteiger charge is 2.41. The number of likely N-dealkylation sites (tertiary alicyclic amines) is 1. The number of rotatable bonds is 4. The Morgan fingerprint density at radius 1 is 1.17 bits per heavy atom. The first-order chi connectivity index (χ1) is 8.83. The van der Waals surface area contributed by atoms with E-state index in [1.165, 1.54) is 31.5 Å². The maximum absolute atomic E-state index is 5.93. The lowest BCUT2D eigenvalue weighted by Gasteiger charge is -2.18. The van der Waals surface area contributed by atoms with Gasteiger partial charge in [-0.2, -0.15) is 0 Å². The molecule has 0 radical (unpaired) electrons. The topological polar surface area (TPSA) is 12.5 Å². The Morgan fingerprint density at radius 3 is 2.83 bits per heavy atom. The van der Waals surface area contributed by atoms with Crippen LogP contribution in [0.4, 0.5) is 0 Å². The molecule has 0 N–H and O–H groups in total. The van der Waals surface area contributed by atoms with Crippen LogP contribution < -0.4 is 0 Å². The van der Waals surface area contributed by atoms with E-state index in [0.29, 0.717) is 0 Å². The Bertz CT molecular complexity index is 378. The molecule has 3 rings (SSSR count). The summed E-state index contributed by atoms with van der Waals surface area (Å²) in [5.74, 6) is 2.63. The molecule has 3 atom stereocenters.